The molecule has 0 aromatic heterocycles. The highest BCUT2D eigenvalue weighted by Crippen LogP contribution is 2.43. The average molecular weight is 324 g/mol. The molecule has 0 radical (unpaired) electrons. The Bertz CT molecular complexity index is 555. The highest BCUT2D eigenvalue weighted by atomic mass is 35.5. The zero-order valence-electron chi connectivity index (χ0n) is 10.3. The smallest absolute Gasteiger partial charge is 0.446 e. The van der Waals surface area contributed by atoms with E-state index in [1.807, 2.05) is 0 Å². The maximum Gasteiger partial charge on any atom is 0.446 e. The monoisotopic (exact) mass is 323 g/mol. The molecule has 0 heterocycles. The summed E-state index contributed by atoms with van der Waals surface area (Å²) in [5.74, 6) is -0.713. The van der Waals surface area contributed by atoms with Gasteiger partial charge in [-0.2, -0.15) is 18.4 Å². The second-order valence-electron chi connectivity index (χ2n) is 3.54. The molecule has 1 aromatic rings. The number of halogens is 4. The molecule has 3 nitrogen and oxygen atoms in total. The van der Waals surface area contributed by atoms with Gasteiger partial charge in [0.1, 0.15) is 0 Å². The summed E-state index contributed by atoms with van der Waals surface area (Å²) < 4.78 is 42.3. The van der Waals surface area contributed by atoms with Crippen LogP contribution in [0.1, 0.15) is 18.1 Å². The third kappa shape index (κ3) is 4.62. The van der Waals surface area contributed by atoms with Gasteiger partial charge in [-0.05, 0) is 36.4 Å². The zero-order valence-corrected chi connectivity index (χ0v) is 11.8. The Hall–Kier alpha value is -1.39. The third-order valence-corrected chi connectivity index (χ3v) is 3.51. The number of benzene rings is 1. The van der Waals surface area contributed by atoms with Crippen molar-refractivity contribution < 1.29 is 22.7 Å². The summed E-state index contributed by atoms with van der Waals surface area (Å²) in [4.78, 5) is 11.1. The molecule has 0 N–H and O–H groups in total. The first-order valence-electron chi connectivity index (χ1n) is 5.41. The average Bonchev–Trinajstić information content (AvgIpc) is 2.33. The van der Waals surface area contributed by atoms with Crippen molar-refractivity contribution in [3.63, 3.8) is 0 Å². The van der Waals surface area contributed by atoms with E-state index in [0.717, 1.165) is 0 Å². The summed E-state index contributed by atoms with van der Waals surface area (Å²) in [6.07, 6.45) is -0.435. The minimum Gasteiger partial charge on any atom is -0.466 e. The highest BCUT2D eigenvalue weighted by molar-refractivity contribution is 8.00. The van der Waals surface area contributed by atoms with Gasteiger partial charge in [-0.25, -0.2) is 0 Å². The Morgan fingerprint density at radius 1 is 1.50 bits per heavy atom. The SMILES string of the molecule is CCOC(=O)Cc1c(C#N)ccc(Cl)c1SC(F)(F)F. The highest BCUT2D eigenvalue weighted by Gasteiger charge is 2.32. The van der Waals surface area contributed by atoms with Crippen LogP contribution in [0, 0.1) is 11.3 Å². The summed E-state index contributed by atoms with van der Waals surface area (Å²) in [5, 5.41) is 8.78. The normalized spacial score (nSPS) is 11.0. The van der Waals surface area contributed by atoms with Crippen LogP contribution in [0.15, 0.2) is 17.0 Å². The summed E-state index contributed by atoms with van der Waals surface area (Å²) >= 11 is 5.30. The lowest BCUT2D eigenvalue weighted by atomic mass is 10.1. The van der Waals surface area contributed by atoms with Gasteiger partial charge in [0.05, 0.1) is 29.7 Å². The van der Waals surface area contributed by atoms with Crippen LogP contribution >= 0.6 is 23.4 Å². The minimum absolute atomic E-state index is 0.0331. The Morgan fingerprint density at radius 3 is 2.65 bits per heavy atom. The van der Waals surface area contributed by atoms with Gasteiger partial charge in [0.2, 0.25) is 0 Å². The molecule has 0 saturated carbocycles. The Balaban J connectivity index is 3.26. The van der Waals surface area contributed by atoms with Gasteiger partial charge in [0.15, 0.2) is 0 Å². The zero-order chi connectivity index (χ0) is 15.3. The minimum atomic E-state index is -4.57. The lowest BCUT2D eigenvalue weighted by molar-refractivity contribution is -0.142. The first-order chi connectivity index (χ1) is 9.28. The number of nitrogens with zero attached hydrogens (tertiary/aromatic N) is 1. The molecule has 0 bridgehead atoms. The fraction of sp³-hybridized carbons (Fsp3) is 0.333. The van der Waals surface area contributed by atoms with Crippen molar-refractivity contribution >= 4 is 29.3 Å². The molecule has 108 valence electrons. The number of carbonyl (C=O) groups is 1. The molecule has 0 atom stereocenters. The van der Waals surface area contributed by atoms with Crippen molar-refractivity contribution in [2.75, 3.05) is 6.61 Å². The maximum atomic E-state index is 12.5. The van der Waals surface area contributed by atoms with Crippen LogP contribution in [-0.4, -0.2) is 18.1 Å². The molecular weight excluding hydrogens is 315 g/mol. The van der Waals surface area contributed by atoms with Crippen LogP contribution in [0.2, 0.25) is 5.02 Å². The van der Waals surface area contributed by atoms with Crippen molar-refractivity contribution in [2.24, 2.45) is 0 Å². The molecule has 1 aromatic carbocycles. The molecule has 0 saturated heterocycles. The summed E-state index contributed by atoms with van der Waals surface area (Å²) in [5.41, 5.74) is -4.67. The van der Waals surface area contributed by atoms with Gasteiger partial charge in [0.25, 0.3) is 0 Å². The quantitative estimate of drug-likeness (QED) is 0.622. The molecule has 0 unspecified atom stereocenters. The Labute approximate surface area is 122 Å². The van der Waals surface area contributed by atoms with Crippen LogP contribution in [0.25, 0.3) is 0 Å². The van der Waals surface area contributed by atoms with Crippen molar-refractivity contribution in [2.45, 2.75) is 23.7 Å². The van der Waals surface area contributed by atoms with Crippen LogP contribution in [0.5, 0.6) is 0 Å². The molecule has 0 fully saturated rings. The number of alkyl halides is 3. The van der Waals surface area contributed by atoms with Crippen LogP contribution in [0.4, 0.5) is 13.2 Å². The molecule has 0 spiro atoms. The number of hydrogen-bond acceptors (Lipinski definition) is 4. The van der Waals surface area contributed by atoms with Gasteiger partial charge in [-0.15, -0.1) is 0 Å². The van der Waals surface area contributed by atoms with E-state index in [0.29, 0.717) is 0 Å². The number of carbonyl (C=O) groups excluding carboxylic acids is 1. The summed E-state index contributed by atoms with van der Waals surface area (Å²) in [6, 6.07) is 4.22. The molecular formula is C12H9ClF3NO2S. The van der Waals surface area contributed by atoms with Gasteiger partial charge < -0.3 is 4.74 Å². The van der Waals surface area contributed by atoms with Crippen LogP contribution in [-0.2, 0) is 16.0 Å². The van der Waals surface area contributed by atoms with E-state index in [2.05, 4.69) is 4.74 Å². The lowest BCUT2D eigenvalue weighted by Crippen LogP contribution is -2.11. The van der Waals surface area contributed by atoms with Crippen molar-refractivity contribution in [3.05, 3.63) is 28.3 Å². The topological polar surface area (TPSA) is 50.1 Å². The Morgan fingerprint density at radius 2 is 2.15 bits per heavy atom. The molecule has 0 aliphatic rings. The molecule has 0 amide bonds. The van der Waals surface area contributed by atoms with Gasteiger partial charge in [-0.3, -0.25) is 4.79 Å². The van der Waals surface area contributed by atoms with E-state index in [-0.39, 0.29) is 27.7 Å². The second kappa shape index (κ2) is 6.86. The van der Waals surface area contributed by atoms with E-state index >= 15 is 0 Å². The van der Waals surface area contributed by atoms with Crippen molar-refractivity contribution in [1.29, 1.82) is 5.26 Å². The number of esters is 1. The summed E-state index contributed by atoms with van der Waals surface area (Å²) in [7, 11) is 0. The molecule has 1 rings (SSSR count). The van der Waals surface area contributed by atoms with E-state index in [4.69, 9.17) is 16.9 Å². The molecule has 0 aliphatic heterocycles. The fourth-order valence-corrected chi connectivity index (χ4v) is 2.46. The molecule has 20 heavy (non-hydrogen) atoms. The number of hydrogen-bond donors (Lipinski definition) is 0. The fourth-order valence-electron chi connectivity index (χ4n) is 1.46. The number of thioether (sulfide) groups is 1. The Kier molecular flexibility index (Phi) is 5.72. The first kappa shape index (κ1) is 16.7. The van der Waals surface area contributed by atoms with E-state index in [1.165, 1.54) is 12.1 Å². The predicted molar refractivity (Wildman–Crippen MR) is 68.4 cm³/mol. The van der Waals surface area contributed by atoms with Crippen molar-refractivity contribution in [3.8, 4) is 6.07 Å². The third-order valence-electron chi connectivity index (χ3n) is 2.18. The standard InChI is InChI=1S/C12H9ClF3NO2S/c1-2-19-10(18)5-8-7(6-17)3-4-9(13)11(8)20-12(14,15)16/h3-4H,2,5H2,1H3. The van der Waals surface area contributed by atoms with E-state index in [9.17, 15) is 18.0 Å². The maximum absolute atomic E-state index is 12.5. The number of ether oxygens (including phenoxy) is 1. The lowest BCUT2D eigenvalue weighted by Gasteiger charge is -2.13. The van der Waals surface area contributed by atoms with Crippen LogP contribution in [0.3, 0.4) is 0 Å². The predicted octanol–water partition coefficient (Wildman–Crippen LogP) is 3.93. The van der Waals surface area contributed by atoms with E-state index in [1.54, 1.807) is 13.0 Å². The van der Waals surface area contributed by atoms with Gasteiger partial charge in [0, 0.05) is 4.90 Å². The molecule has 0 aliphatic carbocycles. The van der Waals surface area contributed by atoms with Crippen molar-refractivity contribution in [1.82, 2.24) is 0 Å². The van der Waals surface area contributed by atoms with Gasteiger partial charge in [-0.1, -0.05) is 11.6 Å². The van der Waals surface area contributed by atoms with Crippen LogP contribution < -0.4 is 0 Å². The largest absolute Gasteiger partial charge is 0.466 e. The second-order valence-corrected chi connectivity index (χ2v) is 5.03. The number of nitriles is 1. The number of rotatable bonds is 4. The molecule has 8 heteroatoms. The first-order valence-corrected chi connectivity index (χ1v) is 6.60. The van der Waals surface area contributed by atoms with E-state index < -0.39 is 29.7 Å². The van der Waals surface area contributed by atoms with Gasteiger partial charge >= 0.3 is 11.5 Å². The summed E-state index contributed by atoms with van der Waals surface area (Å²) in [6.45, 7) is 1.68.